The lowest BCUT2D eigenvalue weighted by molar-refractivity contribution is -0.934. The fraction of sp³-hybridized carbons (Fsp3) is 0.647. The van der Waals surface area contributed by atoms with Crippen LogP contribution in [0.2, 0.25) is 0 Å². The van der Waals surface area contributed by atoms with Crippen LogP contribution in [0.3, 0.4) is 0 Å². The SMILES string of the molecule is CC[NH+](Cc1cc(C(C)C)c(C)cc1O)[C@H]1CCS(=O)(=O)C1. The largest absolute Gasteiger partial charge is 0.507 e. The number of benzene rings is 1. The molecule has 0 spiro atoms. The fourth-order valence-corrected chi connectivity index (χ4v) is 5.27. The van der Waals surface area contributed by atoms with E-state index in [9.17, 15) is 13.5 Å². The number of nitrogens with one attached hydrogen (secondary N) is 1. The van der Waals surface area contributed by atoms with Crippen LogP contribution in [-0.4, -0.2) is 37.6 Å². The van der Waals surface area contributed by atoms with Crippen LogP contribution in [0.4, 0.5) is 0 Å². The Labute approximate surface area is 134 Å². The maximum Gasteiger partial charge on any atom is 0.156 e. The van der Waals surface area contributed by atoms with Crippen LogP contribution in [-0.2, 0) is 16.4 Å². The Kier molecular flexibility index (Phi) is 5.17. The van der Waals surface area contributed by atoms with Crippen molar-refractivity contribution in [3.05, 3.63) is 28.8 Å². The summed E-state index contributed by atoms with van der Waals surface area (Å²) in [6.45, 7) is 9.95. The molecule has 1 saturated heterocycles. The molecule has 0 radical (unpaired) electrons. The molecular formula is C17H28NO3S+. The van der Waals surface area contributed by atoms with Gasteiger partial charge < -0.3 is 10.0 Å². The quantitative estimate of drug-likeness (QED) is 0.860. The van der Waals surface area contributed by atoms with Gasteiger partial charge in [0.2, 0.25) is 0 Å². The highest BCUT2D eigenvalue weighted by Crippen LogP contribution is 2.27. The molecule has 0 aromatic heterocycles. The highest BCUT2D eigenvalue weighted by molar-refractivity contribution is 7.91. The molecule has 0 bridgehead atoms. The second-order valence-electron chi connectivity index (χ2n) is 6.78. The number of aromatic hydroxyl groups is 1. The molecule has 1 aliphatic rings. The first-order valence-electron chi connectivity index (χ1n) is 8.11. The summed E-state index contributed by atoms with van der Waals surface area (Å²) in [5, 5.41) is 10.3. The molecule has 124 valence electrons. The molecule has 4 nitrogen and oxygen atoms in total. The van der Waals surface area contributed by atoms with Gasteiger partial charge >= 0.3 is 0 Å². The molecule has 5 heteroatoms. The summed E-state index contributed by atoms with van der Waals surface area (Å²) in [7, 11) is -2.86. The van der Waals surface area contributed by atoms with Crippen molar-refractivity contribution < 1.29 is 18.4 Å². The molecule has 1 fully saturated rings. The van der Waals surface area contributed by atoms with E-state index >= 15 is 0 Å². The van der Waals surface area contributed by atoms with Gasteiger partial charge in [0, 0.05) is 12.0 Å². The van der Waals surface area contributed by atoms with Crippen molar-refractivity contribution in [3.8, 4) is 5.75 Å². The van der Waals surface area contributed by atoms with Gasteiger partial charge in [-0.3, -0.25) is 0 Å². The second kappa shape index (κ2) is 6.59. The first-order chi connectivity index (χ1) is 10.2. The van der Waals surface area contributed by atoms with Crippen LogP contribution in [0, 0.1) is 6.92 Å². The van der Waals surface area contributed by atoms with Gasteiger partial charge in [-0.15, -0.1) is 0 Å². The molecule has 0 aliphatic carbocycles. The predicted octanol–water partition coefficient (Wildman–Crippen LogP) is 1.42. The zero-order chi connectivity index (χ0) is 16.5. The monoisotopic (exact) mass is 326 g/mol. The van der Waals surface area contributed by atoms with Crippen molar-refractivity contribution in [2.24, 2.45) is 0 Å². The Hall–Kier alpha value is -1.07. The fourth-order valence-electron chi connectivity index (χ4n) is 3.44. The standard InChI is InChI=1S/C17H27NO3S/c1-5-18(15-6-7-22(20,21)11-15)10-14-9-16(12(2)3)13(4)8-17(14)19/h8-9,12,15,19H,5-7,10-11H2,1-4H3/p+1/t15-/m0/s1. The molecule has 2 rings (SSSR count). The summed E-state index contributed by atoms with van der Waals surface area (Å²) < 4.78 is 23.4. The normalized spacial score (nSPS) is 22.1. The van der Waals surface area contributed by atoms with Gasteiger partial charge in [-0.25, -0.2) is 8.42 Å². The van der Waals surface area contributed by atoms with E-state index in [0.29, 0.717) is 24.0 Å². The molecule has 2 N–H and O–H groups in total. The van der Waals surface area contributed by atoms with Gasteiger partial charge in [0.15, 0.2) is 9.84 Å². The van der Waals surface area contributed by atoms with E-state index < -0.39 is 9.84 Å². The van der Waals surface area contributed by atoms with E-state index in [1.807, 2.05) is 13.0 Å². The summed E-state index contributed by atoms with van der Waals surface area (Å²) in [5.74, 6) is 1.32. The smallest absolute Gasteiger partial charge is 0.156 e. The highest BCUT2D eigenvalue weighted by Gasteiger charge is 2.35. The Bertz CT molecular complexity index is 638. The average molecular weight is 326 g/mol. The van der Waals surface area contributed by atoms with Gasteiger partial charge in [-0.2, -0.15) is 0 Å². The summed E-state index contributed by atoms with van der Waals surface area (Å²) in [6.07, 6.45) is 0.731. The van der Waals surface area contributed by atoms with E-state index in [1.165, 1.54) is 10.5 Å². The Morgan fingerprint density at radius 3 is 2.55 bits per heavy atom. The summed E-state index contributed by atoms with van der Waals surface area (Å²) >= 11 is 0. The average Bonchev–Trinajstić information content (AvgIpc) is 2.77. The zero-order valence-corrected chi connectivity index (χ0v) is 14.8. The third-order valence-electron chi connectivity index (χ3n) is 4.77. The zero-order valence-electron chi connectivity index (χ0n) is 14.0. The van der Waals surface area contributed by atoms with E-state index in [0.717, 1.165) is 24.1 Å². The van der Waals surface area contributed by atoms with Crippen molar-refractivity contribution in [1.82, 2.24) is 0 Å². The van der Waals surface area contributed by atoms with Crippen molar-refractivity contribution >= 4 is 9.84 Å². The van der Waals surface area contributed by atoms with Gasteiger partial charge in [0.1, 0.15) is 24.1 Å². The van der Waals surface area contributed by atoms with Crippen molar-refractivity contribution in [2.75, 3.05) is 18.1 Å². The maximum atomic E-state index is 11.7. The first-order valence-corrected chi connectivity index (χ1v) is 9.93. The predicted molar refractivity (Wildman–Crippen MR) is 89.2 cm³/mol. The lowest BCUT2D eigenvalue weighted by Gasteiger charge is -2.24. The summed E-state index contributed by atoms with van der Waals surface area (Å²) in [4.78, 5) is 1.25. The number of quaternary nitrogens is 1. The maximum absolute atomic E-state index is 11.7. The molecule has 0 amide bonds. The number of hydrogen-bond donors (Lipinski definition) is 2. The number of sulfone groups is 1. The van der Waals surface area contributed by atoms with Crippen molar-refractivity contribution in [2.45, 2.75) is 52.6 Å². The second-order valence-corrected chi connectivity index (χ2v) is 9.01. The first kappa shape index (κ1) is 17.3. The molecule has 2 atom stereocenters. The molecule has 0 saturated carbocycles. The van der Waals surface area contributed by atoms with Gasteiger partial charge in [-0.1, -0.05) is 13.8 Å². The minimum atomic E-state index is -2.86. The molecule has 1 aliphatic heterocycles. The van der Waals surface area contributed by atoms with Crippen molar-refractivity contribution in [1.29, 1.82) is 0 Å². The Morgan fingerprint density at radius 1 is 1.36 bits per heavy atom. The minimum absolute atomic E-state index is 0.151. The third-order valence-corrected chi connectivity index (χ3v) is 6.54. The van der Waals surface area contributed by atoms with Crippen LogP contribution < -0.4 is 4.90 Å². The van der Waals surface area contributed by atoms with Crippen LogP contribution in [0.1, 0.15) is 49.8 Å². The number of aryl methyl sites for hydroxylation is 1. The topological polar surface area (TPSA) is 58.8 Å². The number of phenols is 1. The number of rotatable bonds is 5. The summed E-state index contributed by atoms with van der Waals surface area (Å²) in [6, 6.07) is 4.08. The van der Waals surface area contributed by atoms with Crippen molar-refractivity contribution in [3.63, 3.8) is 0 Å². The van der Waals surface area contributed by atoms with E-state index in [4.69, 9.17) is 0 Å². The molecule has 1 aromatic carbocycles. The van der Waals surface area contributed by atoms with Gasteiger partial charge in [0.05, 0.1) is 12.3 Å². The molecule has 1 unspecified atom stereocenters. The Balaban J connectivity index is 2.23. The lowest BCUT2D eigenvalue weighted by atomic mass is 9.95. The molecule has 22 heavy (non-hydrogen) atoms. The van der Waals surface area contributed by atoms with E-state index in [1.54, 1.807) is 0 Å². The van der Waals surface area contributed by atoms with Crippen LogP contribution in [0.5, 0.6) is 5.75 Å². The number of hydrogen-bond acceptors (Lipinski definition) is 3. The van der Waals surface area contributed by atoms with E-state index in [-0.39, 0.29) is 11.8 Å². The van der Waals surface area contributed by atoms with Crippen LogP contribution in [0.15, 0.2) is 12.1 Å². The summed E-state index contributed by atoms with van der Waals surface area (Å²) in [5.41, 5.74) is 3.29. The lowest BCUT2D eigenvalue weighted by Crippen LogP contribution is -3.14. The van der Waals surface area contributed by atoms with Crippen LogP contribution >= 0.6 is 0 Å². The molecule has 1 heterocycles. The number of phenolic OH excluding ortho intramolecular Hbond substituents is 1. The van der Waals surface area contributed by atoms with E-state index in [2.05, 4.69) is 26.8 Å². The Morgan fingerprint density at radius 2 is 2.05 bits per heavy atom. The highest BCUT2D eigenvalue weighted by atomic mass is 32.2. The molecule has 1 aromatic rings. The van der Waals surface area contributed by atoms with Crippen LogP contribution in [0.25, 0.3) is 0 Å². The minimum Gasteiger partial charge on any atom is -0.507 e. The van der Waals surface area contributed by atoms with Gasteiger partial charge in [-0.05, 0) is 43.0 Å². The molecular weight excluding hydrogens is 298 g/mol. The third kappa shape index (κ3) is 3.82. The van der Waals surface area contributed by atoms with Gasteiger partial charge in [0.25, 0.3) is 0 Å².